The second-order valence-electron chi connectivity index (χ2n) is 3.44. The zero-order chi connectivity index (χ0) is 8.91. The molecule has 0 rings (SSSR count). The topological polar surface area (TPSA) is 55.1 Å². The van der Waals surface area contributed by atoms with Crippen molar-refractivity contribution in [3.05, 3.63) is 12.2 Å². The SMILES string of the molecule is CC(C)(C)NCC=CC(N)=O. The van der Waals surface area contributed by atoms with Crippen molar-refractivity contribution in [2.24, 2.45) is 5.73 Å². The number of carbonyl (C=O) groups is 1. The zero-order valence-corrected chi connectivity index (χ0v) is 7.35. The Balaban J connectivity index is 3.50. The lowest BCUT2D eigenvalue weighted by Gasteiger charge is -2.18. The first-order chi connectivity index (χ1) is 4.92. The number of carbonyl (C=O) groups excluding carboxylic acids is 1. The van der Waals surface area contributed by atoms with Gasteiger partial charge >= 0.3 is 0 Å². The number of rotatable bonds is 3. The van der Waals surface area contributed by atoms with Crippen molar-refractivity contribution >= 4 is 5.91 Å². The van der Waals surface area contributed by atoms with E-state index in [1.165, 1.54) is 6.08 Å². The molecular formula is C8H16N2O. The highest BCUT2D eigenvalue weighted by Gasteiger charge is 2.05. The molecule has 1 amide bonds. The molecule has 0 saturated carbocycles. The van der Waals surface area contributed by atoms with E-state index in [-0.39, 0.29) is 5.54 Å². The fourth-order valence-electron chi connectivity index (χ4n) is 0.540. The van der Waals surface area contributed by atoms with E-state index in [1.54, 1.807) is 6.08 Å². The first-order valence-corrected chi connectivity index (χ1v) is 3.63. The van der Waals surface area contributed by atoms with Gasteiger partial charge in [-0.05, 0) is 26.8 Å². The van der Waals surface area contributed by atoms with Crippen LogP contribution in [-0.2, 0) is 4.79 Å². The second-order valence-corrected chi connectivity index (χ2v) is 3.44. The van der Waals surface area contributed by atoms with Gasteiger partial charge in [-0.15, -0.1) is 0 Å². The maximum absolute atomic E-state index is 10.2. The van der Waals surface area contributed by atoms with Crippen LogP contribution in [-0.4, -0.2) is 18.0 Å². The molecule has 0 bridgehead atoms. The fraction of sp³-hybridized carbons (Fsp3) is 0.625. The maximum Gasteiger partial charge on any atom is 0.241 e. The van der Waals surface area contributed by atoms with Crippen LogP contribution in [0.2, 0.25) is 0 Å². The van der Waals surface area contributed by atoms with E-state index in [9.17, 15) is 4.79 Å². The fourth-order valence-corrected chi connectivity index (χ4v) is 0.540. The van der Waals surface area contributed by atoms with Crippen molar-refractivity contribution in [3.63, 3.8) is 0 Å². The summed E-state index contributed by atoms with van der Waals surface area (Å²) in [6, 6.07) is 0. The lowest BCUT2D eigenvalue weighted by molar-refractivity contribution is -0.113. The zero-order valence-electron chi connectivity index (χ0n) is 7.35. The quantitative estimate of drug-likeness (QED) is 0.582. The monoisotopic (exact) mass is 156 g/mol. The lowest BCUT2D eigenvalue weighted by atomic mass is 10.1. The molecule has 0 aromatic rings. The molecule has 0 aliphatic heterocycles. The summed E-state index contributed by atoms with van der Waals surface area (Å²) in [6.45, 7) is 6.85. The normalized spacial score (nSPS) is 12.3. The molecule has 0 aromatic heterocycles. The molecule has 3 nitrogen and oxygen atoms in total. The van der Waals surface area contributed by atoms with Crippen molar-refractivity contribution in [1.29, 1.82) is 0 Å². The van der Waals surface area contributed by atoms with Crippen LogP contribution in [0.25, 0.3) is 0 Å². The third-order valence-corrected chi connectivity index (χ3v) is 1.03. The van der Waals surface area contributed by atoms with Gasteiger partial charge < -0.3 is 11.1 Å². The van der Waals surface area contributed by atoms with E-state index in [1.807, 2.05) is 0 Å². The van der Waals surface area contributed by atoms with E-state index in [4.69, 9.17) is 5.73 Å². The van der Waals surface area contributed by atoms with Crippen LogP contribution in [0.4, 0.5) is 0 Å². The van der Waals surface area contributed by atoms with Crippen LogP contribution in [0.5, 0.6) is 0 Å². The second kappa shape index (κ2) is 4.13. The van der Waals surface area contributed by atoms with E-state index < -0.39 is 5.91 Å². The van der Waals surface area contributed by atoms with Crippen molar-refractivity contribution in [2.75, 3.05) is 6.54 Å². The summed E-state index contributed by atoms with van der Waals surface area (Å²) in [4.78, 5) is 10.2. The maximum atomic E-state index is 10.2. The molecule has 0 aliphatic carbocycles. The minimum absolute atomic E-state index is 0.0853. The highest BCUT2D eigenvalue weighted by molar-refractivity contribution is 5.85. The summed E-state index contributed by atoms with van der Waals surface area (Å²) in [5, 5.41) is 3.18. The Bertz CT molecular complexity index is 156. The molecule has 0 aromatic carbocycles. The standard InChI is InChI=1S/C8H16N2O/c1-8(2,3)10-6-4-5-7(9)11/h4-5,10H,6H2,1-3H3,(H2,9,11). The third-order valence-electron chi connectivity index (χ3n) is 1.03. The van der Waals surface area contributed by atoms with Crippen molar-refractivity contribution < 1.29 is 4.79 Å². The summed E-state index contributed by atoms with van der Waals surface area (Å²) < 4.78 is 0. The third kappa shape index (κ3) is 9.17. The first-order valence-electron chi connectivity index (χ1n) is 3.63. The predicted octanol–water partition coefficient (Wildman–Crippen LogP) is 0.416. The molecule has 64 valence electrons. The molecule has 0 atom stereocenters. The molecule has 3 N–H and O–H groups in total. The molecule has 0 aliphatic rings. The van der Waals surface area contributed by atoms with Gasteiger partial charge in [-0.2, -0.15) is 0 Å². The van der Waals surface area contributed by atoms with E-state index in [2.05, 4.69) is 26.1 Å². The Morgan fingerprint density at radius 2 is 2.09 bits per heavy atom. The van der Waals surface area contributed by atoms with Gasteiger partial charge in [0, 0.05) is 12.1 Å². The Kier molecular flexibility index (Phi) is 3.82. The van der Waals surface area contributed by atoms with Crippen LogP contribution in [0.3, 0.4) is 0 Å². The number of hydrogen-bond donors (Lipinski definition) is 2. The highest BCUT2D eigenvalue weighted by Crippen LogP contribution is 1.96. The Morgan fingerprint density at radius 3 is 2.45 bits per heavy atom. The van der Waals surface area contributed by atoms with E-state index >= 15 is 0 Å². The van der Waals surface area contributed by atoms with Crippen LogP contribution < -0.4 is 11.1 Å². The summed E-state index contributed by atoms with van der Waals surface area (Å²) in [6.07, 6.45) is 3.08. The summed E-state index contributed by atoms with van der Waals surface area (Å²) >= 11 is 0. The minimum atomic E-state index is -0.402. The molecular weight excluding hydrogens is 140 g/mol. The van der Waals surface area contributed by atoms with Crippen LogP contribution in [0.1, 0.15) is 20.8 Å². The van der Waals surface area contributed by atoms with Gasteiger partial charge in [-0.1, -0.05) is 6.08 Å². The number of nitrogens with one attached hydrogen (secondary N) is 1. The smallest absolute Gasteiger partial charge is 0.241 e. The van der Waals surface area contributed by atoms with Crippen molar-refractivity contribution in [3.8, 4) is 0 Å². The van der Waals surface area contributed by atoms with Crippen molar-refractivity contribution in [1.82, 2.24) is 5.32 Å². The van der Waals surface area contributed by atoms with E-state index in [0.717, 1.165) is 0 Å². The lowest BCUT2D eigenvalue weighted by Crippen LogP contribution is -2.35. The Hall–Kier alpha value is -0.830. The molecule has 0 spiro atoms. The summed E-state index contributed by atoms with van der Waals surface area (Å²) in [5.74, 6) is -0.402. The largest absolute Gasteiger partial charge is 0.366 e. The number of hydrogen-bond acceptors (Lipinski definition) is 2. The average Bonchev–Trinajstić information content (AvgIpc) is 1.78. The molecule has 0 radical (unpaired) electrons. The van der Waals surface area contributed by atoms with Crippen LogP contribution in [0, 0.1) is 0 Å². The Morgan fingerprint density at radius 1 is 1.55 bits per heavy atom. The average molecular weight is 156 g/mol. The predicted molar refractivity (Wildman–Crippen MR) is 46.1 cm³/mol. The molecule has 3 heteroatoms. The van der Waals surface area contributed by atoms with Crippen LogP contribution in [0.15, 0.2) is 12.2 Å². The van der Waals surface area contributed by atoms with Gasteiger partial charge in [0.1, 0.15) is 0 Å². The Labute approximate surface area is 67.7 Å². The molecule has 0 fully saturated rings. The molecule has 11 heavy (non-hydrogen) atoms. The van der Waals surface area contributed by atoms with Gasteiger partial charge in [-0.3, -0.25) is 4.79 Å². The molecule has 0 heterocycles. The van der Waals surface area contributed by atoms with Gasteiger partial charge in [0.25, 0.3) is 0 Å². The van der Waals surface area contributed by atoms with Gasteiger partial charge in [0.15, 0.2) is 0 Å². The summed E-state index contributed by atoms with van der Waals surface area (Å²) in [7, 11) is 0. The number of nitrogens with two attached hydrogens (primary N) is 1. The molecule has 0 saturated heterocycles. The highest BCUT2D eigenvalue weighted by atomic mass is 16.1. The molecule has 0 unspecified atom stereocenters. The van der Waals surface area contributed by atoms with E-state index in [0.29, 0.717) is 6.54 Å². The number of amides is 1. The van der Waals surface area contributed by atoms with Crippen LogP contribution >= 0.6 is 0 Å². The van der Waals surface area contributed by atoms with Gasteiger partial charge in [0.05, 0.1) is 0 Å². The van der Waals surface area contributed by atoms with Gasteiger partial charge in [0.2, 0.25) is 5.91 Å². The van der Waals surface area contributed by atoms with Crippen molar-refractivity contribution in [2.45, 2.75) is 26.3 Å². The minimum Gasteiger partial charge on any atom is -0.366 e. The van der Waals surface area contributed by atoms with Gasteiger partial charge in [-0.25, -0.2) is 0 Å². The summed E-state index contributed by atoms with van der Waals surface area (Å²) in [5.41, 5.74) is 4.97. The number of primary amides is 1. The first kappa shape index (κ1) is 10.2.